The van der Waals surface area contributed by atoms with Crippen molar-refractivity contribution in [3.05, 3.63) is 37.1 Å². The van der Waals surface area contributed by atoms with Gasteiger partial charge in [0.25, 0.3) is 5.95 Å². The van der Waals surface area contributed by atoms with Crippen LogP contribution in [0.5, 0.6) is 0 Å². The summed E-state index contributed by atoms with van der Waals surface area (Å²) in [6.07, 6.45) is 7.71. The van der Waals surface area contributed by atoms with Gasteiger partial charge in [-0.15, -0.1) is 0 Å². The quantitative estimate of drug-likeness (QED) is 0.611. The molecule has 8 heteroatoms. The van der Waals surface area contributed by atoms with Crippen LogP contribution in [0.2, 0.25) is 0 Å². The van der Waals surface area contributed by atoms with Crippen LogP contribution in [0, 0.1) is 6.92 Å². The maximum Gasteiger partial charge on any atom is 0.254 e. The Labute approximate surface area is 96.0 Å². The van der Waals surface area contributed by atoms with Crippen LogP contribution in [-0.2, 0) is 0 Å². The average molecular weight is 228 g/mol. The molecule has 0 fully saturated rings. The molecule has 0 N–H and O–H groups in total. The molecule has 3 aromatic heterocycles. The van der Waals surface area contributed by atoms with Gasteiger partial charge in [-0.05, 0) is 6.92 Å². The molecule has 0 radical (unpaired) electrons. The van der Waals surface area contributed by atoms with Gasteiger partial charge in [-0.2, -0.15) is 19.9 Å². The van der Waals surface area contributed by atoms with Gasteiger partial charge in [0.05, 0.1) is 0 Å². The molecule has 0 atom stereocenters. The Morgan fingerprint density at radius 1 is 1.00 bits per heavy atom. The summed E-state index contributed by atoms with van der Waals surface area (Å²) in [6.45, 7) is 1.90. The minimum atomic E-state index is 0.443. The van der Waals surface area contributed by atoms with Crippen molar-refractivity contribution in [1.82, 2.24) is 39.5 Å². The van der Waals surface area contributed by atoms with Crippen LogP contribution in [-0.4, -0.2) is 39.5 Å². The molecule has 0 aliphatic carbocycles. The first-order valence-corrected chi connectivity index (χ1v) is 4.88. The lowest BCUT2D eigenvalue weighted by atomic mass is 10.3. The molecule has 0 amide bonds. The number of aryl methyl sites for hydroxylation is 1. The zero-order valence-corrected chi connectivity index (χ0v) is 8.96. The highest BCUT2D eigenvalue weighted by molar-refractivity contribution is 5.32. The molecular weight excluding hydrogens is 220 g/mol. The van der Waals surface area contributed by atoms with Gasteiger partial charge < -0.3 is 0 Å². The number of hydrogen-bond acceptors (Lipinski definition) is 6. The summed E-state index contributed by atoms with van der Waals surface area (Å²) in [5.74, 6) is 1.11. The van der Waals surface area contributed by atoms with Crippen LogP contribution in [0.25, 0.3) is 11.8 Å². The second-order valence-electron chi connectivity index (χ2n) is 3.36. The zero-order chi connectivity index (χ0) is 11.7. The van der Waals surface area contributed by atoms with Crippen molar-refractivity contribution < 1.29 is 0 Å². The van der Waals surface area contributed by atoms with E-state index < -0.39 is 0 Å². The van der Waals surface area contributed by atoms with E-state index in [9.17, 15) is 0 Å². The van der Waals surface area contributed by atoms with Gasteiger partial charge in [0, 0.05) is 11.8 Å². The number of nitrogens with zero attached hydrogens (tertiary/aromatic N) is 8. The van der Waals surface area contributed by atoms with Crippen LogP contribution in [0.3, 0.4) is 0 Å². The van der Waals surface area contributed by atoms with Crippen molar-refractivity contribution >= 4 is 0 Å². The van der Waals surface area contributed by atoms with E-state index in [0.29, 0.717) is 11.8 Å². The fourth-order valence-corrected chi connectivity index (χ4v) is 1.40. The lowest BCUT2D eigenvalue weighted by Crippen LogP contribution is -2.08. The molecule has 0 saturated carbocycles. The van der Waals surface area contributed by atoms with Crippen LogP contribution >= 0.6 is 0 Å². The molecule has 0 aliphatic rings. The molecule has 84 valence electrons. The Kier molecular flexibility index (Phi) is 2.11. The predicted octanol–water partition coefficient (Wildman–Crippen LogP) is -0.0536. The highest BCUT2D eigenvalue weighted by Gasteiger charge is 2.08. The van der Waals surface area contributed by atoms with Gasteiger partial charge in [-0.25, -0.2) is 19.6 Å². The summed E-state index contributed by atoms with van der Waals surface area (Å²) in [5, 5.41) is 8.01. The van der Waals surface area contributed by atoms with Gasteiger partial charge >= 0.3 is 0 Å². The first-order chi connectivity index (χ1) is 8.34. The Morgan fingerprint density at radius 3 is 2.35 bits per heavy atom. The molecule has 0 unspecified atom stereocenters. The largest absolute Gasteiger partial charge is 0.254 e. The minimum absolute atomic E-state index is 0.443. The molecule has 17 heavy (non-hydrogen) atoms. The van der Waals surface area contributed by atoms with E-state index in [4.69, 9.17) is 0 Å². The standard InChI is InChI=1S/C9H8N8/c1-7-2-12-9(17-6-11-4-14-17)15-8(7)16-5-10-3-13-16/h2-6H,1H3. The molecular formula is C9H8N8. The summed E-state index contributed by atoms with van der Waals surface area (Å²) < 4.78 is 3.07. The van der Waals surface area contributed by atoms with Gasteiger partial charge in [0.15, 0.2) is 5.82 Å². The van der Waals surface area contributed by atoms with Crippen LogP contribution in [0.4, 0.5) is 0 Å². The van der Waals surface area contributed by atoms with Crippen LogP contribution in [0.15, 0.2) is 31.5 Å². The number of hydrogen-bond donors (Lipinski definition) is 0. The molecule has 0 spiro atoms. The third-order valence-electron chi connectivity index (χ3n) is 2.19. The van der Waals surface area contributed by atoms with Crippen molar-refractivity contribution in [2.45, 2.75) is 6.92 Å². The summed E-state index contributed by atoms with van der Waals surface area (Å²) in [7, 11) is 0. The predicted molar refractivity (Wildman–Crippen MR) is 56.6 cm³/mol. The first-order valence-electron chi connectivity index (χ1n) is 4.88. The third kappa shape index (κ3) is 1.65. The molecule has 0 aromatic carbocycles. The van der Waals surface area contributed by atoms with E-state index in [0.717, 1.165) is 5.56 Å². The summed E-state index contributed by atoms with van der Waals surface area (Å²) in [5.41, 5.74) is 0.902. The van der Waals surface area contributed by atoms with Crippen LogP contribution in [0.1, 0.15) is 5.56 Å². The summed E-state index contributed by atoms with van der Waals surface area (Å²) in [6, 6.07) is 0. The number of aromatic nitrogens is 8. The third-order valence-corrected chi connectivity index (χ3v) is 2.19. The molecule has 3 heterocycles. The Balaban J connectivity index is 2.13. The Morgan fingerprint density at radius 2 is 1.71 bits per heavy atom. The lowest BCUT2D eigenvalue weighted by molar-refractivity contribution is 0.766. The van der Waals surface area contributed by atoms with E-state index >= 15 is 0 Å². The second kappa shape index (κ2) is 3.74. The van der Waals surface area contributed by atoms with E-state index in [2.05, 4.69) is 30.1 Å². The Hall–Kier alpha value is -2.64. The molecule has 3 rings (SSSR count). The monoisotopic (exact) mass is 228 g/mol. The van der Waals surface area contributed by atoms with E-state index in [-0.39, 0.29) is 0 Å². The van der Waals surface area contributed by atoms with Gasteiger partial charge in [0.2, 0.25) is 0 Å². The second-order valence-corrected chi connectivity index (χ2v) is 3.36. The molecule has 0 aliphatic heterocycles. The highest BCUT2D eigenvalue weighted by Crippen LogP contribution is 2.09. The smallest absolute Gasteiger partial charge is 0.223 e. The van der Waals surface area contributed by atoms with E-state index in [1.54, 1.807) is 17.2 Å². The maximum absolute atomic E-state index is 4.37. The fraction of sp³-hybridized carbons (Fsp3) is 0.111. The minimum Gasteiger partial charge on any atom is -0.223 e. The highest BCUT2D eigenvalue weighted by atomic mass is 15.4. The fourth-order valence-electron chi connectivity index (χ4n) is 1.40. The van der Waals surface area contributed by atoms with Crippen molar-refractivity contribution in [3.8, 4) is 11.8 Å². The topological polar surface area (TPSA) is 87.2 Å². The maximum atomic E-state index is 4.37. The van der Waals surface area contributed by atoms with Gasteiger partial charge in [0.1, 0.15) is 25.3 Å². The molecule has 3 aromatic rings. The number of rotatable bonds is 2. The Bertz CT molecular complexity index is 613. The van der Waals surface area contributed by atoms with Gasteiger partial charge in [-0.3, -0.25) is 0 Å². The van der Waals surface area contributed by atoms with Crippen molar-refractivity contribution in [3.63, 3.8) is 0 Å². The van der Waals surface area contributed by atoms with E-state index in [1.807, 2.05) is 6.92 Å². The summed E-state index contributed by atoms with van der Waals surface area (Å²) in [4.78, 5) is 16.3. The lowest BCUT2D eigenvalue weighted by Gasteiger charge is -2.05. The van der Waals surface area contributed by atoms with Crippen LogP contribution < -0.4 is 0 Å². The average Bonchev–Trinajstić information content (AvgIpc) is 3.03. The normalized spacial score (nSPS) is 10.6. The molecule has 0 saturated heterocycles. The SMILES string of the molecule is Cc1cnc(-n2cncn2)nc1-n1cncn1. The van der Waals surface area contributed by atoms with Crippen molar-refractivity contribution in [2.75, 3.05) is 0 Å². The molecule has 8 nitrogen and oxygen atoms in total. The molecule has 0 bridgehead atoms. The van der Waals surface area contributed by atoms with Gasteiger partial charge in [-0.1, -0.05) is 0 Å². The van der Waals surface area contributed by atoms with Crippen molar-refractivity contribution in [1.29, 1.82) is 0 Å². The van der Waals surface area contributed by atoms with Crippen molar-refractivity contribution in [2.24, 2.45) is 0 Å². The zero-order valence-electron chi connectivity index (χ0n) is 8.96. The van der Waals surface area contributed by atoms with E-state index in [1.165, 1.54) is 23.7 Å². The summed E-state index contributed by atoms with van der Waals surface area (Å²) >= 11 is 0. The first kappa shape index (κ1) is 9.58.